The van der Waals surface area contributed by atoms with Gasteiger partial charge in [0.15, 0.2) is 0 Å². The molecule has 1 aliphatic carbocycles. The molecule has 1 unspecified atom stereocenters. The van der Waals surface area contributed by atoms with Crippen LogP contribution in [0.4, 0.5) is 4.39 Å². The van der Waals surface area contributed by atoms with Gasteiger partial charge in [-0.05, 0) is 56.4 Å². The molecular weight excluding hydrogens is 351 g/mol. The van der Waals surface area contributed by atoms with E-state index in [0.29, 0.717) is 0 Å². The molecule has 0 spiro atoms. The predicted octanol–water partition coefficient (Wildman–Crippen LogP) is 5.38. The van der Waals surface area contributed by atoms with E-state index in [4.69, 9.17) is 0 Å². The summed E-state index contributed by atoms with van der Waals surface area (Å²) in [4.78, 5) is 1.06. The van der Waals surface area contributed by atoms with Crippen molar-refractivity contribution in [3.8, 4) is 21.6 Å². The first kappa shape index (κ1) is 13.2. The van der Waals surface area contributed by atoms with Gasteiger partial charge < -0.3 is 5.11 Å². The topological polar surface area (TPSA) is 20.2 Å². The Bertz CT molecular complexity index is 856. The van der Waals surface area contributed by atoms with E-state index < -0.39 is 6.10 Å². The van der Waals surface area contributed by atoms with Crippen LogP contribution in [-0.4, -0.2) is 5.11 Å². The van der Waals surface area contributed by atoms with Gasteiger partial charge in [-0.2, -0.15) is 0 Å². The molecule has 21 heavy (non-hydrogen) atoms. The summed E-state index contributed by atoms with van der Waals surface area (Å²) in [5.74, 6) is -0.292. The third-order valence-electron chi connectivity index (χ3n) is 3.80. The molecule has 2 aromatic carbocycles. The lowest BCUT2D eigenvalue weighted by Crippen LogP contribution is -2.01. The Kier molecular flexibility index (Phi) is 2.99. The van der Waals surface area contributed by atoms with E-state index in [2.05, 4.69) is 15.9 Å². The highest BCUT2D eigenvalue weighted by Gasteiger charge is 2.27. The highest BCUT2D eigenvalue weighted by Crippen LogP contribution is 2.49. The molecule has 0 aliphatic heterocycles. The van der Waals surface area contributed by atoms with E-state index in [9.17, 15) is 9.50 Å². The number of benzene rings is 2. The lowest BCUT2D eigenvalue weighted by atomic mass is 9.96. The maximum atomic E-state index is 13.7. The summed E-state index contributed by atoms with van der Waals surface area (Å²) in [7, 11) is 0. The number of hydrogen-bond donors (Lipinski definition) is 1. The Balaban J connectivity index is 2.15. The van der Waals surface area contributed by atoms with Gasteiger partial charge in [0.25, 0.3) is 0 Å². The van der Waals surface area contributed by atoms with Crippen LogP contribution in [0.5, 0.6) is 0 Å². The van der Waals surface area contributed by atoms with E-state index in [1.807, 2.05) is 30.3 Å². The van der Waals surface area contributed by atoms with Crippen LogP contribution in [0, 0.1) is 5.82 Å². The van der Waals surface area contributed by atoms with Crippen molar-refractivity contribution < 1.29 is 9.50 Å². The Morgan fingerprint density at radius 1 is 0.952 bits per heavy atom. The van der Waals surface area contributed by atoms with E-state index in [1.165, 1.54) is 12.1 Å². The van der Waals surface area contributed by atoms with Gasteiger partial charge >= 0.3 is 0 Å². The summed E-state index contributed by atoms with van der Waals surface area (Å²) < 4.78 is 14.7. The van der Waals surface area contributed by atoms with Crippen molar-refractivity contribution >= 4 is 27.3 Å². The molecule has 0 saturated carbocycles. The van der Waals surface area contributed by atoms with Crippen LogP contribution >= 0.6 is 27.3 Å². The Morgan fingerprint density at radius 2 is 1.71 bits per heavy atom. The number of hydrogen-bond acceptors (Lipinski definition) is 2. The molecule has 1 heterocycles. The molecule has 4 rings (SSSR count). The molecular formula is C17H10BrFOS. The van der Waals surface area contributed by atoms with Gasteiger partial charge in [-0.15, -0.1) is 11.3 Å². The summed E-state index contributed by atoms with van der Waals surface area (Å²) in [6.45, 7) is 0. The lowest BCUT2D eigenvalue weighted by Gasteiger charge is -2.14. The fourth-order valence-corrected chi connectivity index (χ4v) is 4.53. The first-order valence-electron chi connectivity index (χ1n) is 6.51. The van der Waals surface area contributed by atoms with Crippen LogP contribution in [-0.2, 0) is 0 Å². The van der Waals surface area contributed by atoms with Crippen molar-refractivity contribution in [2.45, 2.75) is 6.10 Å². The van der Waals surface area contributed by atoms with E-state index in [-0.39, 0.29) is 5.82 Å². The molecule has 1 atom stereocenters. The third-order valence-corrected chi connectivity index (χ3v) is 5.47. The second-order valence-electron chi connectivity index (χ2n) is 5.01. The second-order valence-corrected chi connectivity index (χ2v) is 7.45. The van der Waals surface area contributed by atoms with Crippen molar-refractivity contribution in [1.82, 2.24) is 0 Å². The second kappa shape index (κ2) is 4.77. The highest BCUT2D eigenvalue weighted by atomic mass is 79.9. The minimum absolute atomic E-state index is 0.292. The number of halogens is 2. The SMILES string of the molecule is OC1c2ccc(F)cc2-c2cc(Br)sc2-c2ccccc21. The molecule has 104 valence electrons. The minimum atomic E-state index is -0.741. The van der Waals surface area contributed by atoms with Gasteiger partial charge in [-0.3, -0.25) is 0 Å². The van der Waals surface area contributed by atoms with E-state index >= 15 is 0 Å². The minimum Gasteiger partial charge on any atom is -0.384 e. The zero-order chi connectivity index (χ0) is 14.6. The van der Waals surface area contributed by atoms with Crippen molar-refractivity contribution in [2.75, 3.05) is 0 Å². The zero-order valence-electron chi connectivity index (χ0n) is 10.8. The molecule has 1 nitrogen and oxygen atoms in total. The molecule has 4 heteroatoms. The Labute approximate surface area is 133 Å². The van der Waals surface area contributed by atoms with Crippen LogP contribution in [0.3, 0.4) is 0 Å². The quantitative estimate of drug-likeness (QED) is 0.570. The summed E-state index contributed by atoms with van der Waals surface area (Å²) in [6, 6.07) is 14.4. The molecule has 1 aromatic heterocycles. The normalized spacial score (nSPS) is 15.9. The molecule has 0 fully saturated rings. The van der Waals surface area contributed by atoms with Gasteiger partial charge in [0.05, 0.1) is 3.79 Å². The summed E-state index contributed by atoms with van der Waals surface area (Å²) in [5, 5.41) is 10.7. The van der Waals surface area contributed by atoms with Crippen LogP contribution in [0.1, 0.15) is 17.2 Å². The number of aliphatic hydroxyl groups excluding tert-OH is 1. The summed E-state index contributed by atoms with van der Waals surface area (Å²) in [5.41, 5.74) is 4.33. The Morgan fingerprint density at radius 3 is 2.57 bits per heavy atom. The van der Waals surface area contributed by atoms with Gasteiger partial charge in [-0.25, -0.2) is 4.39 Å². The maximum absolute atomic E-state index is 13.7. The highest BCUT2D eigenvalue weighted by molar-refractivity contribution is 9.11. The monoisotopic (exact) mass is 360 g/mol. The van der Waals surface area contributed by atoms with Crippen LogP contribution in [0.15, 0.2) is 52.3 Å². The van der Waals surface area contributed by atoms with E-state index in [0.717, 1.165) is 36.5 Å². The Hall–Kier alpha value is -1.49. The van der Waals surface area contributed by atoms with Gasteiger partial charge in [-0.1, -0.05) is 30.3 Å². The smallest absolute Gasteiger partial charge is 0.123 e. The molecule has 0 bridgehead atoms. The van der Waals surface area contributed by atoms with Crippen LogP contribution in [0.25, 0.3) is 21.6 Å². The molecule has 3 aromatic rings. The van der Waals surface area contributed by atoms with Crippen molar-refractivity contribution in [2.24, 2.45) is 0 Å². The number of rotatable bonds is 0. The fourth-order valence-electron chi connectivity index (χ4n) is 2.87. The van der Waals surface area contributed by atoms with Crippen molar-refractivity contribution in [3.05, 3.63) is 69.3 Å². The number of thiophene rings is 1. The molecule has 1 aliphatic rings. The van der Waals surface area contributed by atoms with Crippen molar-refractivity contribution in [1.29, 1.82) is 0 Å². The van der Waals surface area contributed by atoms with Gasteiger partial charge in [0.2, 0.25) is 0 Å². The number of aliphatic hydroxyl groups is 1. The standard InChI is InChI=1S/C17H10BrFOS/c18-15-8-14-13-7-9(19)5-6-11(13)16(20)10-3-1-2-4-12(10)17(14)21-15/h1-8,16,20H. The average molecular weight is 361 g/mol. The lowest BCUT2D eigenvalue weighted by molar-refractivity contribution is 0.221. The first-order chi connectivity index (χ1) is 10.1. The maximum Gasteiger partial charge on any atom is 0.123 e. The zero-order valence-corrected chi connectivity index (χ0v) is 13.2. The van der Waals surface area contributed by atoms with Crippen LogP contribution < -0.4 is 0 Å². The predicted molar refractivity (Wildman–Crippen MR) is 86.9 cm³/mol. The molecule has 1 N–H and O–H groups in total. The summed E-state index contributed by atoms with van der Waals surface area (Å²) in [6.07, 6.45) is -0.741. The molecule has 0 saturated heterocycles. The van der Waals surface area contributed by atoms with Gasteiger partial charge in [0.1, 0.15) is 11.9 Å². The number of fused-ring (bicyclic) bond motifs is 5. The largest absolute Gasteiger partial charge is 0.384 e. The molecule has 0 amide bonds. The molecule has 0 radical (unpaired) electrons. The first-order valence-corrected chi connectivity index (χ1v) is 8.12. The van der Waals surface area contributed by atoms with Crippen molar-refractivity contribution in [3.63, 3.8) is 0 Å². The summed E-state index contributed by atoms with van der Waals surface area (Å²) >= 11 is 5.12. The third kappa shape index (κ3) is 1.98. The van der Waals surface area contributed by atoms with Crippen LogP contribution in [0.2, 0.25) is 0 Å². The van der Waals surface area contributed by atoms with Gasteiger partial charge in [0, 0.05) is 10.4 Å². The van der Waals surface area contributed by atoms with E-state index in [1.54, 1.807) is 17.4 Å². The fraction of sp³-hybridized carbons (Fsp3) is 0.0588. The average Bonchev–Trinajstić information content (AvgIpc) is 2.84.